The molecule has 0 aliphatic heterocycles. The SMILES string of the molecule is NC1(N)CCCCC1. The summed E-state index contributed by atoms with van der Waals surface area (Å²) in [7, 11) is 0. The van der Waals surface area contributed by atoms with Crippen LogP contribution < -0.4 is 11.5 Å². The third kappa shape index (κ3) is 1.46. The van der Waals surface area contributed by atoms with Crippen LogP contribution in [0.15, 0.2) is 0 Å². The van der Waals surface area contributed by atoms with E-state index in [1.54, 1.807) is 0 Å². The van der Waals surface area contributed by atoms with Crippen LogP contribution in [0.5, 0.6) is 0 Å². The number of hydrogen-bond donors (Lipinski definition) is 2. The van der Waals surface area contributed by atoms with Gasteiger partial charge in [0, 0.05) is 0 Å². The second-order valence-electron chi connectivity index (χ2n) is 2.79. The predicted octanol–water partition coefficient (Wildman–Crippen LogP) is 0.564. The zero-order chi connectivity index (χ0) is 6.04. The molecular weight excluding hydrogens is 100 g/mol. The fraction of sp³-hybridized carbons (Fsp3) is 1.00. The largest absolute Gasteiger partial charge is 0.313 e. The Labute approximate surface area is 50.2 Å². The highest BCUT2D eigenvalue weighted by atomic mass is 14.9. The summed E-state index contributed by atoms with van der Waals surface area (Å²) in [6.45, 7) is 0. The van der Waals surface area contributed by atoms with Crippen molar-refractivity contribution in [2.75, 3.05) is 0 Å². The van der Waals surface area contributed by atoms with E-state index in [0.29, 0.717) is 0 Å². The molecule has 8 heavy (non-hydrogen) atoms. The average molecular weight is 114 g/mol. The minimum atomic E-state index is -0.321. The van der Waals surface area contributed by atoms with E-state index in [2.05, 4.69) is 0 Å². The first-order chi connectivity index (χ1) is 3.71. The van der Waals surface area contributed by atoms with Gasteiger partial charge in [-0.05, 0) is 12.8 Å². The lowest BCUT2D eigenvalue weighted by Crippen LogP contribution is -2.50. The van der Waals surface area contributed by atoms with Crippen molar-refractivity contribution in [2.24, 2.45) is 11.5 Å². The van der Waals surface area contributed by atoms with Crippen LogP contribution in [0.4, 0.5) is 0 Å². The summed E-state index contributed by atoms with van der Waals surface area (Å²) >= 11 is 0. The zero-order valence-electron chi connectivity index (χ0n) is 5.19. The van der Waals surface area contributed by atoms with Gasteiger partial charge in [-0.3, -0.25) is 0 Å². The maximum atomic E-state index is 5.66. The van der Waals surface area contributed by atoms with Crippen LogP contribution in [0.25, 0.3) is 0 Å². The Morgan fingerprint density at radius 1 is 0.875 bits per heavy atom. The Balaban J connectivity index is 2.33. The number of nitrogens with two attached hydrogens (primary N) is 2. The minimum absolute atomic E-state index is 0.321. The Bertz CT molecular complexity index is 70.6. The standard InChI is InChI=1S/C6H14N2/c7-6(8)4-2-1-3-5-6/h1-5,7-8H2. The van der Waals surface area contributed by atoms with Crippen molar-refractivity contribution in [1.82, 2.24) is 0 Å². The van der Waals surface area contributed by atoms with Crippen LogP contribution in [-0.4, -0.2) is 5.66 Å². The van der Waals surface area contributed by atoms with Gasteiger partial charge in [0.05, 0.1) is 5.66 Å². The minimum Gasteiger partial charge on any atom is -0.313 e. The summed E-state index contributed by atoms with van der Waals surface area (Å²) in [6, 6.07) is 0. The Kier molecular flexibility index (Phi) is 1.54. The first-order valence-electron chi connectivity index (χ1n) is 3.28. The highest BCUT2D eigenvalue weighted by Gasteiger charge is 2.21. The lowest BCUT2D eigenvalue weighted by Gasteiger charge is -2.28. The van der Waals surface area contributed by atoms with Gasteiger partial charge in [-0.25, -0.2) is 0 Å². The first-order valence-corrected chi connectivity index (χ1v) is 3.28. The molecule has 1 rings (SSSR count). The second-order valence-corrected chi connectivity index (χ2v) is 2.79. The van der Waals surface area contributed by atoms with Gasteiger partial charge >= 0.3 is 0 Å². The summed E-state index contributed by atoms with van der Waals surface area (Å²) in [4.78, 5) is 0. The molecule has 0 spiro atoms. The Morgan fingerprint density at radius 2 is 1.38 bits per heavy atom. The fourth-order valence-electron chi connectivity index (χ4n) is 1.21. The van der Waals surface area contributed by atoms with Crippen LogP contribution in [0.2, 0.25) is 0 Å². The molecule has 0 aromatic rings. The van der Waals surface area contributed by atoms with E-state index in [1.165, 1.54) is 19.3 Å². The molecule has 1 fully saturated rings. The number of hydrogen-bond acceptors (Lipinski definition) is 2. The molecule has 0 atom stereocenters. The summed E-state index contributed by atoms with van der Waals surface area (Å²) in [5.41, 5.74) is 11.0. The van der Waals surface area contributed by atoms with E-state index in [4.69, 9.17) is 11.5 Å². The van der Waals surface area contributed by atoms with Crippen molar-refractivity contribution in [3.05, 3.63) is 0 Å². The molecule has 2 nitrogen and oxygen atoms in total. The molecule has 0 unspecified atom stereocenters. The molecule has 4 N–H and O–H groups in total. The van der Waals surface area contributed by atoms with Crippen molar-refractivity contribution in [1.29, 1.82) is 0 Å². The van der Waals surface area contributed by atoms with Gasteiger partial charge in [-0.2, -0.15) is 0 Å². The fourth-order valence-corrected chi connectivity index (χ4v) is 1.21. The van der Waals surface area contributed by atoms with Gasteiger partial charge in [0.15, 0.2) is 0 Å². The predicted molar refractivity (Wildman–Crippen MR) is 34.2 cm³/mol. The maximum Gasteiger partial charge on any atom is 0.0636 e. The van der Waals surface area contributed by atoms with E-state index in [9.17, 15) is 0 Å². The van der Waals surface area contributed by atoms with E-state index in [-0.39, 0.29) is 5.66 Å². The molecule has 0 amide bonds. The van der Waals surface area contributed by atoms with Crippen LogP contribution in [0.3, 0.4) is 0 Å². The lowest BCUT2D eigenvalue weighted by molar-refractivity contribution is 0.306. The molecule has 0 radical (unpaired) electrons. The van der Waals surface area contributed by atoms with Crippen molar-refractivity contribution in [3.8, 4) is 0 Å². The maximum absolute atomic E-state index is 5.66. The average Bonchev–Trinajstić information content (AvgIpc) is 1.65. The highest BCUT2D eigenvalue weighted by molar-refractivity contribution is 4.79. The molecule has 0 saturated heterocycles. The van der Waals surface area contributed by atoms with Gasteiger partial charge in [-0.15, -0.1) is 0 Å². The molecule has 0 aromatic heterocycles. The topological polar surface area (TPSA) is 52.0 Å². The molecule has 0 aromatic carbocycles. The molecule has 1 aliphatic rings. The van der Waals surface area contributed by atoms with E-state index in [0.717, 1.165) is 12.8 Å². The lowest BCUT2D eigenvalue weighted by atomic mass is 9.91. The second kappa shape index (κ2) is 2.03. The molecule has 0 heterocycles. The third-order valence-electron chi connectivity index (χ3n) is 1.78. The van der Waals surface area contributed by atoms with Crippen LogP contribution in [-0.2, 0) is 0 Å². The zero-order valence-corrected chi connectivity index (χ0v) is 5.19. The molecule has 48 valence electrons. The molecule has 1 saturated carbocycles. The van der Waals surface area contributed by atoms with Gasteiger partial charge < -0.3 is 11.5 Å². The summed E-state index contributed by atoms with van der Waals surface area (Å²) in [5.74, 6) is 0. The van der Waals surface area contributed by atoms with Crippen LogP contribution in [0.1, 0.15) is 32.1 Å². The van der Waals surface area contributed by atoms with Crippen molar-refractivity contribution in [3.63, 3.8) is 0 Å². The van der Waals surface area contributed by atoms with Gasteiger partial charge in [0.2, 0.25) is 0 Å². The van der Waals surface area contributed by atoms with E-state index >= 15 is 0 Å². The van der Waals surface area contributed by atoms with Gasteiger partial charge in [0.1, 0.15) is 0 Å². The van der Waals surface area contributed by atoms with Crippen molar-refractivity contribution < 1.29 is 0 Å². The van der Waals surface area contributed by atoms with Crippen LogP contribution >= 0.6 is 0 Å². The summed E-state index contributed by atoms with van der Waals surface area (Å²) < 4.78 is 0. The van der Waals surface area contributed by atoms with Crippen LogP contribution in [0, 0.1) is 0 Å². The van der Waals surface area contributed by atoms with Gasteiger partial charge in [-0.1, -0.05) is 19.3 Å². The molecule has 1 aliphatic carbocycles. The third-order valence-corrected chi connectivity index (χ3v) is 1.78. The first kappa shape index (κ1) is 6.05. The smallest absolute Gasteiger partial charge is 0.0636 e. The quantitative estimate of drug-likeness (QED) is 0.452. The highest BCUT2D eigenvalue weighted by Crippen LogP contribution is 2.20. The van der Waals surface area contributed by atoms with E-state index in [1.807, 2.05) is 0 Å². The normalized spacial score (nSPS) is 27.8. The van der Waals surface area contributed by atoms with Gasteiger partial charge in [0.25, 0.3) is 0 Å². The van der Waals surface area contributed by atoms with Crippen molar-refractivity contribution >= 4 is 0 Å². The molecular formula is C6H14N2. The summed E-state index contributed by atoms with van der Waals surface area (Å²) in [6.07, 6.45) is 5.76. The van der Waals surface area contributed by atoms with E-state index < -0.39 is 0 Å². The summed E-state index contributed by atoms with van der Waals surface area (Å²) in [5, 5.41) is 0. The molecule has 0 bridgehead atoms. The monoisotopic (exact) mass is 114 g/mol. The Morgan fingerprint density at radius 3 is 1.62 bits per heavy atom. The number of rotatable bonds is 0. The van der Waals surface area contributed by atoms with Crippen molar-refractivity contribution in [2.45, 2.75) is 37.8 Å². The Hall–Kier alpha value is -0.0800. The molecule has 2 heteroatoms.